The second-order valence-electron chi connectivity index (χ2n) is 7.51. The van der Waals surface area contributed by atoms with Crippen molar-refractivity contribution in [1.82, 2.24) is 5.32 Å². The average Bonchev–Trinajstić information content (AvgIpc) is 2.81. The number of ketones is 1. The zero-order valence-corrected chi connectivity index (χ0v) is 19.0. The Balaban J connectivity index is 2.07. The van der Waals surface area contributed by atoms with Gasteiger partial charge in [-0.25, -0.2) is 4.79 Å². The van der Waals surface area contributed by atoms with Gasteiger partial charge in [0.05, 0.1) is 26.7 Å². The molecule has 9 nitrogen and oxygen atoms in total. The van der Waals surface area contributed by atoms with E-state index in [1.807, 2.05) is 0 Å². The summed E-state index contributed by atoms with van der Waals surface area (Å²) in [7, 11) is 2.75. The molecule has 0 amide bonds. The molecule has 2 aromatic rings. The van der Waals surface area contributed by atoms with Crippen LogP contribution in [0.2, 0.25) is 0 Å². The van der Waals surface area contributed by atoms with Crippen LogP contribution in [0.3, 0.4) is 0 Å². The summed E-state index contributed by atoms with van der Waals surface area (Å²) in [6.45, 7) is 2.01. The number of phenolic OH excluding ortho intramolecular Hbond substituents is 1. The summed E-state index contributed by atoms with van der Waals surface area (Å²) in [4.78, 5) is 36.3. The van der Waals surface area contributed by atoms with E-state index in [0.717, 1.165) is 5.56 Å². The van der Waals surface area contributed by atoms with Gasteiger partial charge in [0, 0.05) is 11.3 Å². The molecular formula is C24H30N2O7. The quantitative estimate of drug-likeness (QED) is 0.203. The predicted octanol–water partition coefficient (Wildman–Crippen LogP) is 2.62. The molecule has 2 aromatic carbocycles. The van der Waals surface area contributed by atoms with Gasteiger partial charge in [0.2, 0.25) is 0 Å². The van der Waals surface area contributed by atoms with E-state index in [4.69, 9.17) is 9.47 Å². The van der Waals surface area contributed by atoms with Crippen molar-refractivity contribution in [3.63, 3.8) is 0 Å². The Morgan fingerprint density at radius 3 is 2.48 bits per heavy atom. The Hall–Kier alpha value is -3.59. The first kappa shape index (κ1) is 25.7. The largest absolute Gasteiger partial charge is 0.504 e. The number of carboxylic acid groups (broad SMARTS) is 1. The first-order valence-electron chi connectivity index (χ1n) is 10.6. The third kappa shape index (κ3) is 7.50. The number of rotatable bonds is 13. The summed E-state index contributed by atoms with van der Waals surface area (Å²) in [5.41, 5.74) is 1.66. The van der Waals surface area contributed by atoms with Crippen LogP contribution in [0.5, 0.6) is 11.5 Å². The number of esters is 1. The lowest BCUT2D eigenvalue weighted by Crippen LogP contribution is -2.40. The second-order valence-corrected chi connectivity index (χ2v) is 7.51. The molecule has 0 aromatic heterocycles. The number of benzene rings is 2. The zero-order valence-electron chi connectivity index (χ0n) is 19.0. The highest BCUT2D eigenvalue weighted by Gasteiger charge is 2.25. The number of Topliss-reactive ketones (excluding diaryl/α,β-unsaturated/α-hetero) is 1. The third-order valence-electron chi connectivity index (χ3n) is 5.09. The SMILES string of the molecule is COC(=O)C(C)Nc1ccccc1C(=O)[C@H](CC(=O)O)NCCCc1ccc(O)c(OC)c1. The van der Waals surface area contributed by atoms with Crippen molar-refractivity contribution in [1.29, 1.82) is 0 Å². The van der Waals surface area contributed by atoms with Crippen LogP contribution in [-0.4, -0.2) is 60.8 Å². The highest BCUT2D eigenvalue weighted by Crippen LogP contribution is 2.26. The molecule has 0 aliphatic heterocycles. The predicted molar refractivity (Wildman–Crippen MR) is 123 cm³/mol. The van der Waals surface area contributed by atoms with Crippen LogP contribution in [0.4, 0.5) is 5.69 Å². The average molecular weight is 459 g/mol. The molecule has 0 bridgehead atoms. The maximum atomic E-state index is 13.2. The van der Waals surface area contributed by atoms with E-state index >= 15 is 0 Å². The van der Waals surface area contributed by atoms with Gasteiger partial charge >= 0.3 is 11.9 Å². The van der Waals surface area contributed by atoms with E-state index in [-0.39, 0.29) is 23.5 Å². The van der Waals surface area contributed by atoms with Gasteiger partial charge < -0.3 is 30.3 Å². The molecule has 0 saturated heterocycles. The van der Waals surface area contributed by atoms with Crippen molar-refractivity contribution in [3.8, 4) is 11.5 Å². The monoisotopic (exact) mass is 458 g/mol. The fourth-order valence-corrected chi connectivity index (χ4v) is 3.36. The molecule has 4 N–H and O–H groups in total. The molecule has 0 aliphatic rings. The standard InChI is InChI=1S/C24H30N2O7/c1-15(24(31)33-3)26-18-9-5-4-8-17(18)23(30)19(14-22(28)29)25-12-6-7-16-10-11-20(27)21(13-16)32-2/h4-5,8-11,13,15,19,25-27H,6-7,12,14H2,1-3H3,(H,28,29)/t15?,19-/m0/s1. The fourth-order valence-electron chi connectivity index (χ4n) is 3.36. The number of carbonyl (C=O) groups is 3. The van der Waals surface area contributed by atoms with Crippen LogP contribution in [0.1, 0.15) is 35.7 Å². The highest BCUT2D eigenvalue weighted by atomic mass is 16.5. The number of carbonyl (C=O) groups excluding carboxylic acids is 2. The van der Waals surface area contributed by atoms with Gasteiger partial charge in [-0.15, -0.1) is 0 Å². The number of carboxylic acids is 1. The number of aromatic hydroxyl groups is 1. The number of para-hydroxylation sites is 1. The summed E-state index contributed by atoms with van der Waals surface area (Å²) in [6.07, 6.45) is 0.899. The van der Waals surface area contributed by atoms with Crippen molar-refractivity contribution in [3.05, 3.63) is 53.6 Å². The molecule has 9 heteroatoms. The smallest absolute Gasteiger partial charge is 0.327 e. The second kappa shape index (κ2) is 12.4. The van der Waals surface area contributed by atoms with E-state index < -0.39 is 24.0 Å². The number of aliphatic carboxylic acids is 1. The zero-order chi connectivity index (χ0) is 24.4. The Kier molecular flexibility index (Phi) is 9.68. The first-order chi connectivity index (χ1) is 15.8. The first-order valence-corrected chi connectivity index (χ1v) is 10.6. The lowest BCUT2D eigenvalue weighted by Gasteiger charge is -2.20. The van der Waals surface area contributed by atoms with Crippen molar-refractivity contribution < 1.29 is 34.1 Å². The number of ether oxygens (including phenoxy) is 2. The topological polar surface area (TPSA) is 134 Å². The lowest BCUT2D eigenvalue weighted by molar-refractivity contribution is -0.141. The maximum Gasteiger partial charge on any atom is 0.327 e. The molecule has 33 heavy (non-hydrogen) atoms. The van der Waals surface area contributed by atoms with Gasteiger partial charge in [-0.05, 0) is 56.1 Å². The Morgan fingerprint density at radius 1 is 1.09 bits per heavy atom. The summed E-state index contributed by atoms with van der Waals surface area (Å²) < 4.78 is 9.81. The van der Waals surface area contributed by atoms with E-state index in [2.05, 4.69) is 10.6 Å². The minimum atomic E-state index is -1.10. The molecule has 2 rings (SSSR count). The molecule has 0 spiro atoms. The Bertz CT molecular complexity index is 977. The number of hydrogen-bond donors (Lipinski definition) is 4. The molecule has 178 valence electrons. The molecule has 0 heterocycles. The molecular weight excluding hydrogens is 428 g/mol. The number of hydrogen-bond acceptors (Lipinski definition) is 8. The highest BCUT2D eigenvalue weighted by molar-refractivity contribution is 6.06. The van der Waals surface area contributed by atoms with Crippen LogP contribution in [-0.2, 0) is 20.7 Å². The van der Waals surface area contributed by atoms with Crippen LogP contribution in [0, 0.1) is 0 Å². The molecule has 0 radical (unpaired) electrons. The van der Waals surface area contributed by atoms with Gasteiger partial charge in [0.1, 0.15) is 6.04 Å². The van der Waals surface area contributed by atoms with Crippen molar-refractivity contribution in [2.24, 2.45) is 0 Å². The minimum Gasteiger partial charge on any atom is -0.504 e. The van der Waals surface area contributed by atoms with E-state index in [9.17, 15) is 24.6 Å². The maximum absolute atomic E-state index is 13.2. The van der Waals surface area contributed by atoms with Crippen molar-refractivity contribution >= 4 is 23.4 Å². The van der Waals surface area contributed by atoms with E-state index in [0.29, 0.717) is 30.8 Å². The lowest BCUT2D eigenvalue weighted by atomic mass is 9.99. The van der Waals surface area contributed by atoms with Crippen molar-refractivity contribution in [2.75, 3.05) is 26.1 Å². The normalized spacial score (nSPS) is 12.5. The molecule has 2 atom stereocenters. The van der Waals surface area contributed by atoms with Crippen LogP contribution >= 0.6 is 0 Å². The van der Waals surface area contributed by atoms with Crippen molar-refractivity contribution in [2.45, 2.75) is 38.3 Å². The molecule has 1 unspecified atom stereocenters. The summed E-state index contributed by atoms with van der Waals surface area (Å²) >= 11 is 0. The number of phenols is 1. The van der Waals surface area contributed by atoms with Gasteiger partial charge in [-0.3, -0.25) is 9.59 Å². The Morgan fingerprint density at radius 2 is 1.82 bits per heavy atom. The van der Waals surface area contributed by atoms with Gasteiger partial charge in [0.15, 0.2) is 17.3 Å². The molecule has 0 fully saturated rings. The van der Waals surface area contributed by atoms with Crippen LogP contribution in [0.25, 0.3) is 0 Å². The van der Waals surface area contributed by atoms with Gasteiger partial charge in [-0.1, -0.05) is 18.2 Å². The Labute approximate surface area is 192 Å². The fraction of sp³-hybridized carbons (Fsp3) is 0.375. The van der Waals surface area contributed by atoms with E-state index in [1.165, 1.54) is 14.2 Å². The van der Waals surface area contributed by atoms with Gasteiger partial charge in [0.25, 0.3) is 0 Å². The molecule has 0 aliphatic carbocycles. The van der Waals surface area contributed by atoms with E-state index in [1.54, 1.807) is 49.4 Å². The summed E-state index contributed by atoms with van der Waals surface area (Å²) in [5, 5.41) is 25.0. The minimum absolute atomic E-state index is 0.0558. The molecule has 0 saturated carbocycles. The summed E-state index contributed by atoms with van der Waals surface area (Å²) in [6, 6.07) is 10.1. The number of methoxy groups -OCH3 is 2. The van der Waals surface area contributed by atoms with Crippen LogP contribution in [0.15, 0.2) is 42.5 Å². The van der Waals surface area contributed by atoms with Crippen LogP contribution < -0.4 is 15.4 Å². The third-order valence-corrected chi connectivity index (χ3v) is 5.09. The number of nitrogens with one attached hydrogen (secondary N) is 2. The van der Waals surface area contributed by atoms with Gasteiger partial charge in [-0.2, -0.15) is 0 Å². The number of anilines is 1. The summed E-state index contributed by atoms with van der Waals surface area (Å²) in [5.74, 6) is -1.53. The number of aryl methyl sites for hydroxylation is 1.